The van der Waals surface area contributed by atoms with E-state index < -0.39 is 0 Å². The summed E-state index contributed by atoms with van der Waals surface area (Å²) < 4.78 is 17.0. The first kappa shape index (κ1) is 14.0. The van der Waals surface area contributed by atoms with Gasteiger partial charge in [0.25, 0.3) is 0 Å². The van der Waals surface area contributed by atoms with Gasteiger partial charge in [-0.05, 0) is 25.7 Å². The second-order valence-corrected chi connectivity index (χ2v) is 4.89. The van der Waals surface area contributed by atoms with Crippen LogP contribution >= 0.6 is 0 Å². The van der Waals surface area contributed by atoms with E-state index in [-0.39, 0.29) is 6.10 Å². The Balaban J connectivity index is 1.89. The molecule has 2 rings (SSSR count). The Morgan fingerprint density at radius 3 is 2.68 bits per heavy atom. The van der Waals surface area contributed by atoms with Crippen LogP contribution in [0.25, 0.3) is 0 Å². The number of hydrogen-bond donors (Lipinski definition) is 1. The molecule has 1 saturated heterocycles. The number of ether oxygens (including phenoxy) is 3. The number of anilines is 1. The average Bonchev–Trinajstić information content (AvgIpc) is 2.43. The fraction of sp³-hybridized carbons (Fsp3) is 0.600. The van der Waals surface area contributed by atoms with Crippen LogP contribution < -0.4 is 15.2 Å². The van der Waals surface area contributed by atoms with Crippen molar-refractivity contribution in [3.8, 4) is 11.5 Å². The molecule has 1 aliphatic heterocycles. The van der Waals surface area contributed by atoms with Gasteiger partial charge in [-0.3, -0.25) is 0 Å². The second kappa shape index (κ2) is 7.24. The predicted octanol–water partition coefficient (Wildman–Crippen LogP) is 3.01. The summed E-state index contributed by atoms with van der Waals surface area (Å²) in [6.07, 6.45) is 4.62. The minimum Gasteiger partial charge on any atom is -0.493 e. The van der Waals surface area contributed by atoms with Crippen LogP contribution in [-0.2, 0) is 4.74 Å². The lowest BCUT2D eigenvalue weighted by Crippen LogP contribution is -2.25. The van der Waals surface area contributed by atoms with Crippen molar-refractivity contribution < 1.29 is 14.2 Å². The van der Waals surface area contributed by atoms with Gasteiger partial charge in [0.2, 0.25) is 0 Å². The smallest absolute Gasteiger partial charge is 0.125 e. The fourth-order valence-electron chi connectivity index (χ4n) is 2.11. The lowest BCUT2D eigenvalue weighted by atomic mass is 10.1. The number of hydrogen-bond acceptors (Lipinski definition) is 4. The molecule has 1 unspecified atom stereocenters. The number of benzene rings is 1. The van der Waals surface area contributed by atoms with Crippen molar-refractivity contribution in [2.45, 2.75) is 38.7 Å². The van der Waals surface area contributed by atoms with Crippen molar-refractivity contribution in [1.29, 1.82) is 0 Å². The zero-order valence-corrected chi connectivity index (χ0v) is 11.6. The molecule has 1 atom stereocenters. The molecule has 106 valence electrons. The van der Waals surface area contributed by atoms with E-state index >= 15 is 0 Å². The van der Waals surface area contributed by atoms with Gasteiger partial charge in [0.15, 0.2) is 0 Å². The molecule has 4 nitrogen and oxygen atoms in total. The Bertz CT molecular complexity index is 389. The average molecular weight is 265 g/mol. The molecule has 1 aromatic carbocycles. The van der Waals surface area contributed by atoms with Crippen LogP contribution in [0.3, 0.4) is 0 Å². The number of nitrogens with two attached hydrogens (primary N) is 1. The molecule has 0 aromatic heterocycles. The van der Waals surface area contributed by atoms with E-state index in [1.165, 1.54) is 6.42 Å². The Kier molecular flexibility index (Phi) is 5.33. The van der Waals surface area contributed by atoms with Crippen LogP contribution in [0.4, 0.5) is 5.69 Å². The summed E-state index contributed by atoms with van der Waals surface area (Å²) in [4.78, 5) is 0. The minimum absolute atomic E-state index is 0.204. The molecule has 0 bridgehead atoms. The summed E-state index contributed by atoms with van der Waals surface area (Å²) in [6, 6.07) is 5.52. The normalized spacial score (nSPS) is 19.1. The highest BCUT2D eigenvalue weighted by Gasteiger charge is 2.14. The third-order valence-corrected chi connectivity index (χ3v) is 3.09. The van der Waals surface area contributed by atoms with E-state index in [1.807, 2.05) is 18.2 Å². The van der Waals surface area contributed by atoms with E-state index in [1.54, 1.807) is 0 Å². The molecule has 1 fully saturated rings. The molecule has 1 heterocycles. The van der Waals surface area contributed by atoms with Crippen molar-refractivity contribution in [2.75, 3.05) is 25.6 Å². The number of rotatable bonds is 6. The minimum atomic E-state index is 0.204. The molecular formula is C15H23NO3. The predicted molar refractivity (Wildman–Crippen MR) is 75.7 cm³/mol. The summed E-state index contributed by atoms with van der Waals surface area (Å²) in [7, 11) is 0. The van der Waals surface area contributed by atoms with Gasteiger partial charge in [-0.2, -0.15) is 0 Å². The summed E-state index contributed by atoms with van der Waals surface area (Å²) in [5.41, 5.74) is 6.51. The maximum atomic E-state index is 5.85. The van der Waals surface area contributed by atoms with Gasteiger partial charge >= 0.3 is 0 Å². The zero-order chi connectivity index (χ0) is 13.5. The third-order valence-electron chi connectivity index (χ3n) is 3.09. The maximum Gasteiger partial charge on any atom is 0.125 e. The summed E-state index contributed by atoms with van der Waals surface area (Å²) in [5.74, 6) is 1.52. The largest absolute Gasteiger partial charge is 0.493 e. The van der Waals surface area contributed by atoms with Crippen LogP contribution in [0.1, 0.15) is 32.6 Å². The van der Waals surface area contributed by atoms with Crippen LogP contribution in [-0.4, -0.2) is 25.9 Å². The van der Waals surface area contributed by atoms with E-state index in [0.29, 0.717) is 18.9 Å². The Morgan fingerprint density at radius 2 is 2.00 bits per heavy atom. The van der Waals surface area contributed by atoms with Crippen LogP contribution in [0.5, 0.6) is 11.5 Å². The van der Waals surface area contributed by atoms with Gasteiger partial charge in [0.1, 0.15) is 18.1 Å². The van der Waals surface area contributed by atoms with Crippen molar-refractivity contribution in [1.82, 2.24) is 0 Å². The Hall–Kier alpha value is -1.42. The molecular weight excluding hydrogens is 242 g/mol. The van der Waals surface area contributed by atoms with Crippen molar-refractivity contribution in [3.63, 3.8) is 0 Å². The van der Waals surface area contributed by atoms with Gasteiger partial charge in [0.05, 0.1) is 12.7 Å². The maximum absolute atomic E-state index is 5.85. The highest BCUT2D eigenvalue weighted by Crippen LogP contribution is 2.25. The van der Waals surface area contributed by atoms with Crippen LogP contribution in [0.2, 0.25) is 0 Å². The zero-order valence-electron chi connectivity index (χ0n) is 11.6. The highest BCUT2D eigenvalue weighted by atomic mass is 16.5. The lowest BCUT2D eigenvalue weighted by molar-refractivity contribution is -0.0111. The standard InChI is InChI=1S/C15H23NO3/c1-2-6-17-14-8-12(16)9-15(10-14)19-11-13-5-3-4-7-18-13/h8-10,13H,2-7,11,16H2,1H3. The molecule has 19 heavy (non-hydrogen) atoms. The van der Waals surface area contributed by atoms with Gasteiger partial charge in [-0.15, -0.1) is 0 Å². The molecule has 1 aliphatic rings. The van der Waals surface area contributed by atoms with E-state index in [2.05, 4.69) is 6.92 Å². The molecule has 0 saturated carbocycles. The summed E-state index contributed by atoms with van der Waals surface area (Å²) in [6.45, 7) is 4.19. The first-order chi connectivity index (χ1) is 9.28. The first-order valence-corrected chi connectivity index (χ1v) is 7.05. The summed E-state index contributed by atoms with van der Waals surface area (Å²) in [5, 5.41) is 0. The molecule has 0 amide bonds. The van der Waals surface area contributed by atoms with Gasteiger partial charge in [-0.1, -0.05) is 6.92 Å². The van der Waals surface area contributed by atoms with E-state index in [4.69, 9.17) is 19.9 Å². The Morgan fingerprint density at radius 1 is 1.21 bits per heavy atom. The van der Waals surface area contributed by atoms with Crippen LogP contribution in [0.15, 0.2) is 18.2 Å². The SMILES string of the molecule is CCCOc1cc(N)cc(OCC2CCCCO2)c1. The second-order valence-electron chi connectivity index (χ2n) is 4.89. The van der Waals surface area contributed by atoms with Gasteiger partial charge in [0, 0.05) is 30.5 Å². The third kappa shape index (κ3) is 4.63. The molecule has 2 N–H and O–H groups in total. The first-order valence-electron chi connectivity index (χ1n) is 7.05. The van der Waals surface area contributed by atoms with Crippen molar-refractivity contribution >= 4 is 5.69 Å². The fourth-order valence-corrected chi connectivity index (χ4v) is 2.11. The topological polar surface area (TPSA) is 53.7 Å². The lowest BCUT2D eigenvalue weighted by Gasteiger charge is -2.22. The molecule has 1 aromatic rings. The monoisotopic (exact) mass is 265 g/mol. The summed E-state index contributed by atoms with van der Waals surface area (Å²) >= 11 is 0. The van der Waals surface area contributed by atoms with Gasteiger partial charge in [-0.25, -0.2) is 0 Å². The molecule has 4 heteroatoms. The van der Waals surface area contributed by atoms with Gasteiger partial charge < -0.3 is 19.9 Å². The highest BCUT2D eigenvalue weighted by molar-refractivity contribution is 5.50. The molecule has 0 radical (unpaired) electrons. The number of nitrogen functional groups attached to an aromatic ring is 1. The molecule has 0 aliphatic carbocycles. The quantitative estimate of drug-likeness (QED) is 0.803. The van der Waals surface area contributed by atoms with E-state index in [9.17, 15) is 0 Å². The van der Waals surface area contributed by atoms with Crippen molar-refractivity contribution in [2.24, 2.45) is 0 Å². The molecule has 0 spiro atoms. The van der Waals surface area contributed by atoms with E-state index in [0.717, 1.165) is 37.4 Å². The Labute approximate surface area is 114 Å². The van der Waals surface area contributed by atoms with Crippen LogP contribution in [0, 0.1) is 0 Å². The van der Waals surface area contributed by atoms with Crippen molar-refractivity contribution in [3.05, 3.63) is 18.2 Å².